The normalized spacial score (nSPS) is 13.5. The Balaban J connectivity index is 1.49. The molecular weight excluding hydrogens is 617 g/mol. The van der Waals surface area contributed by atoms with E-state index in [1.165, 1.54) is 61.5 Å². The quantitative estimate of drug-likeness (QED) is 0.170. The molecule has 4 heteroatoms. The summed E-state index contributed by atoms with van der Waals surface area (Å²) in [6.07, 6.45) is 0. The van der Waals surface area contributed by atoms with Crippen molar-refractivity contribution in [2.75, 3.05) is 21.2 Å². The summed E-state index contributed by atoms with van der Waals surface area (Å²) in [5, 5.41) is 0. The third-order valence-corrected chi connectivity index (χ3v) is 10.8. The zero-order valence-electron chi connectivity index (χ0n) is 31.3. The second-order valence-electron chi connectivity index (χ2n) is 16.3. The van der Waals surface area contributed by atoms with Gasteiger partial charge in [-0.1, -0.05) is 120 Å². The smallest absolute Gasteiger partial charge is 0.252 e. The van der Waals surface area contributed by atoms with Crippen molar-refractivity contribution in [2.45, 2.75) is 66.2 Å². The Morgan fingerprint density at radius 1 is 0.529 bits per heavy atom. The molecule has 0 amide bonds. The summed E-state index contributed by atoms with van der Waals surface area (Å²) in [6.45, 7) is 19.4. The van der Waals surface area contributed by atoms with Crippen molar-refractivity contribution in [3.8, 4) is 0 Å². The van der Waals surface area contributed by atoms with Crippen LogP contribution >= 0.6 is 0 Å². The molecule has 2 aliphatic heterocycles. The van der Waals surface area contributed by atoms with E-state index in [9.17, 15) is 0 Å². The van der Waals surface area contributed by atoms with Crippen LogP contribution < -0.4 is 31.1 Å². The lowest BCUT2D eigenvalue weighted by molar-refractivity contribution is 0.590. The summed E-state index contributed by atoms with van der Waals surface area (Å²) >= 11 is 0. The molecule has 0 atom stereocenters. The van der Waals surface area contributed by atoms with Crippen LogP contribution in [0.3, 0.4) is 0 Å². The number of anilines is 8. The van der Waals surface area contributed by atoms with Gasteiger partial charge in [-0.3, -0.25) is 0 Å². The Bertz CT molecular complexity index is 2190. The molecule has 0 radical (unpaired) electrons. The highest BCUT2D eigenvalue weighted by Gasteiger charge is 2.44. The first-order chi connectivity index (χ1) is 24.4. The van der Waals surface area contributed by atoms with Crippen LogP contribution in [0.1, 0.15) is 65.2 Å². The topological polar surface area (TPSA) is 9.72 Å². The van der Waals surface area contributed by atoms with Crippen LogP contribution in [-0.4, -0.2) is 13.3 Å². The van der Waals surface area contributed by atoms with Crippen molar-refractivity contribution in [2.24, 2.45) is 0 Å². The molecule has 8 rings (SSSR count). The highest BCUT2D eigenvalue weighted by atomic mass is 15.2. The van der Waals surface area contributed by atoms with Crippen molar-refractivity contribution in [3.05, 3.63) is 150 Å². The zero-order valence-corrected chi connectivity index (χ0v) is 31.3. The predicted molar refractivity (Wildman–Crippen MR) is 222 cm³/mol. The van der Waals surface area contributed by atoms with Crippen LogP contribution in [0.2, 0.25) is 0 Å². The van der Waals surface area contributed by atoms with Gasteiger partial charge in [-0.25, -0.2) is 0 Å². The van der Waals surface area contributed by atoms with Crippen molar-refractivity contribution < 1.29 is 0 Å². The lowest BCUT2D eigenvalue weighted by atomic mass is 9.33. The van der Waals surface area contributed by atoms with Gasteiger partial charge >= 0.3 is 0 Å². The minimum atomic E-state index is 0.0166. The van der Waals surface area contributed by atoms with Gasteiger partial charge in [0, 0.05) is 46.4 Å². The van der Waals surface area contributed by atoms with Crippen molar-refractivity contribution >= 4 is 68.6 Å². The van der Waals surface area contributed by atoms with Crippen molar-refractivity contribution in [3.63, 3.8) is 0 Å². The molecular formula is C47H48BN3. The van der Waals surface area contributed by atoms with Gasteiger partial charge in [-0.05, 0) is 113 Å². The molecule has 2 aliphatic rings. The van der Waals surface area contributed by atoms with E-state index >= 15 is 0 Å². The largest absolute Gasteiger partial charge is 0.342 e. The third-order valence-electron chi connectivity index (χ3n) is 10.8. The molecule has 0 aromatic heterocycles. The number of hydrogen-bond acceptors (Lipinski definition) is 3. The van der Waals surface area contributed by atoms with Crippen LogP contribution in [0.25, 0.3) is 0 Å². The van der Waals surface area contributed by atoms with Gasteiger partial charge < -0.3 is 14.7 Å². The van der Waals surface area contributed by atoms with Gasteiger partial charge in [0.2, 0.25) is 0 Å². The summed E-state index contributed by atoms with van der Waals surface area (Å²) in [7, 11) is 0. The Morgan fingerprint density at radius 3 is 1.57 bits per heavy atom. The summed E-state index contributed by atoms with van der Waals surface area (Å²) in [5.41, 5.74) is 17.8. The van der Waals surface area contributed by atoms with Gasteiger partial charge in [-0.15, -0.1) is 0 Å². The van der Waals surface area contributed by atoms with Crippen LogP contribution in [-0.2, 0) is 10.8 Å². The maximum atomic E-state index is 2.56. The van der Waals surface area contributed by atoms with E-state index < -0.39 is 0 Å². The Labute approximate surface area is 305 Å². The number of fused-ring (bicyclic) bond motifs is 4. The van der Waals surface area contributed by atoms with Crippen molar-refractivity contribution in [1.82, 2.24) is 0 Å². The predicted octanol–water partition coefficient (Wildman–Crippen LogP) is 10.8. The van der Waals surface area contributed by atoms with E-state index in [-0.39, 0.29) is 17.5 Å². The molecule has 6 aromatic carbocycles. The number of hydrogen-bond donors (Lipinski definition) is 0. The Morgan fingerprint density at radius 2 is 1.04 bits per heavy atom. The molecule has 0 bridgehead atoms. The highest BCUT2D eigenvalue weighted by Crippen LogP contribution is 2.46. The first-order valence-electron chi connectivity index (χ1n) is 18.5. The summed E-state index contributed by atoms with van der Waals surface area (Å²) in [4.78, 5) is 7.49. The molecule has 0 aliphatic carbocycles. The average Bonchev–Trinajstić information content (AvgIpc) is 3.12. The fraction of sp³-hybridized carbons (Fsp3) is 0.234. The summed E-state index contributed by atoms with van der Waals surface area (Å²) in [5.74, 6) is 0. The number of benzene rings is 6. The summed E-state index contributed by atoms with van der Waals surface area (Å²) in [6, 6.07) is 50.0. The molecule has 3 nitrogen and oxygen atoms in total. The third kappa shape index (κ3) is 5.62. The number of rotatable bonds is 5. The van der Waals surface area contributed by atoms with Gasteiger partial charge in [0.05, 0.1) is 5.69 Å². The molecule has 0 N–H and O–H groups in total. The molecule has 0 spiro atoms. The van der Waals surface area contributed by atoms with Gasteiger partial charge in [0.15, 0.2) is 0 Å². The molecule has 0 unspecified atom stereocenters. The fourth-order valence-electron chi connectivity index (χ4n) is 8.05. The minimum absolute atomic E-state index is 0.0166. The van der Waals surface area contributed by atoms with Crippen LogP contribution in [0.15, 0.2) is 133 Å². The molecule has 6 aromatic rings. The first kappa shape index (κ1) is 33.0. The number of nitrogens with zero attached hydrogens (tertiary/aromatic N) is 3. The van der Waals surface area contributed by atoms with Gasteiger partial charge in [0.1, 0.15) is 0 Å². The Hall–Kier alpha value is -5.22. The highest BCUT2D eigenvalue weighted by molar-refractivity contribution is 7.00. The van der Waals surface area contributed by atoms with E-state index in [2.05, 4.69) is 204 Å². The van der Waals surface area contributed by atoms with Gasteiger partial charge in [0.25, 0.3) is 6.71 Å². The standard InChI is InChI=1S/C47H48BN3/c1-9-49-41-26-22-33(46(3,4)5)28-39(41)48-40-29-34(47(6,7)8)23-27-42(40)51(37-24-20-32(2)21-25-37)44-31-38(30-43(49)45(44)48)50(35-16-12-10-13-17-35)36-18-14-11-15-19-36/h10-31H,9H2,1-8H3. The lowest BCUT2D eigenvalue weighted by Gasteiger charge is -2.45. The molecule has 0 fully saturated rings. The van der Waals surface area contributed by atoms with E-state index in [1.807, 2.05) is 0 Å². The average molecular weight is 666 g/mol. The SMILES string of the molecule is CCN1c2ccc(C(C)(C)C)cc2B2c3cc(C(C)(C)C)ccc3N(c3ccc(C)cc3)c3cc(N(c4ccccc4)c4ccccc4)cc1c32. The molecule has 0 saturated heterocycles. The number of aryl methyl sites for hydroxylation is 1. The van der Waals surface area contributed by atoms with Crippen molar-refractivity contribution in [1.29, 1.82) is 0 Å². The lowest BCUT2D eigenvalue weighted by Crippen LogP contribution is -2.62. The van der Waals surface area contributed by atoms with E-state index in [1.54, 1.807) is 0 Å². The monoisotopic (exact) mass is 665 g/mol. The zero-order chi connectivity index (χ0) is 35.7. The minimum Gasteiger partial charge on any atom is -0.342 e. The van der Waals surface area contributed by atoms with Gasteiger partial charge in [-0.2, -0.15) is 0 Å². The van der Waals surface area contributed by atoms with E-state index in [0.717, 1.165) is 23.6 Å². The second kappa shape index (κ2) is 12.2. The van der Waals surface area contributed by atoms with E-state index in [4.69, 9.17) is 0 Å². The maximum Gasteiger partial charge on any atom is 0.252 e. The fourth-order valence-corrected chi connectivity index (χ4v) is 8.05. The maximum absolute atomic E-state index is 2.56. The molecule has 51 heavy (non-hydrogen) atoms. The first-order valence-corrected chi connectivity index (χ1v) is 18.5. The number of para-hydroxylation sites is 2. The molecule has 0 saturated carbocycles. The molecule has 254 valence electrons. The molecule has 2 heterocycles. The van der Waals surface area contributed by atoms with Crippen LogP contribution in [0, 0.1) is 6.92 Å². The van der Waals surface area contributed by atoms with E-state index in [0.29, 0.717) is 0 Å². The van der Waals surface area contributed by atoms with Crippen LogP contribution in [0.5, 0.6) is 0 Å². The van der Waals surface area contributed by atoms with Crippen LogP contribution in [0.4, 0.5) is 45.5 Å². The second-order valence-corrected chi connectivity index (χ2v) is 16.3. The Kier molecular flexibility index (Phi) is 7.90. The summed E-state index contributed by atoms with van der Waals surface area (Å²) < 4.78 is 0.